The number of hydrogen-bond donors (Lipinski definition) is 0. The molecule has 2 aromatic rings. The van der Waals surface area contributed by atoms with E-state index in [2.05, 4.69) is 20.9 Å². The monoisotopic (exact) mass is 470 g/mol. The maximum Gasteiger partial charge on any atom is 0.338 e. The van der Waals surface area contributed by atoms with Gasteiger partial charge >= 0.3 is 5.97 Å². The van der Waals surface area contributed by atoms with Crippen LogP contribution in [0, 0.1) is 0 Å². The van der Waals surface area contributed by atoms with E-state index in [1.54, 1.807) is 11.8 Å². The topological polar surface area (TPSA) is 59.0 Å². The minimum absolute atomic E-state index is 0.0379. The molecule has 0 bridgehead atoms. The Bertz CT molecular complexity index is 1020. The molecule has 148 valence electrons. The second-order valence-corrected chi connectivity index (χ2v) is 8.66. The van der Waals surface area contributed by atoms with Crippen molar-refractivity contribution in [2.75, 3.05) is 5.75 Å². The van der Waals surface area contributed by atoms with Gasteiger partial charge in [-0.05, 0) is 24.1 Å². The molecule has 2 aliphatic heterocycles. The number of ether oxygens (including phenoxy) is 1. The summed E-state index contributed by atoms with van der Waals surface area (Å²) in [4.78, 5) is 32.2. The number of halogens is 1. The molecule has 1 atom stereocenters. The van der Waals surface area contributed by atoms with Gasteiger partial charge in [0, 0.05) is 16.6 Å². The third-order valence-corrected chi connectivity index (χ3v) is 6.52. The standard InChI is InChI=1S/C22H19BrN2O3S/c1-14-19(21(27)28-13-15-7-3-2-4-8-15)20(16-9-5-6-10-17(16)23)25-18(26)11-12-29-22(25)24-14/h2-10,20H,11-13H2,1H3/t20-/m0/s1. The van der Waals surface area contributed by atoms with E-state index in [0.717, 1.165) is 15.6 Å². The fourth-order valence-corrected chi connectivity index (χ4v) is 4.96. The van der Waals surface area contributed by atoms with Gasteiger partial charge in [0.2, 0.25) is 5.91 Å². The van der Waals surface area contributed by atoms with Crippen LogP contribution in [0.5, 0.6) is 0 Å². The third kappa shape index (κ3) is 4.02. The van der Waals surface area contributed by atoms with Crippen molar-refractivity contribution in [1.82, 2.24) is 4.90 Å². The number of esters is 1. The van der Waals surface area contributed by atoms with Crippen LogP contribution < -0.4 is 0 Å². The zero-order valence-corrected chi connectivity index (χ0v) is 18.2. The number of hydrogen-bond acceptors (Lipinski definition) is 5. The molecule has 0 aromatic heterocycles. The lowest BCUT2D eigenvalue weighted by Gasteiger charge is -2.39. The van der Waals surface area contributed by atoms with Gasteiger partial charge in [0.15, 0.2) is 5.17 Å². The van der Waals surface area contributed by atoms with Crippen LogP contribution in [0.3, 0.4) is 0 Å². The number of carbonyl (C=O) groups excluding carboxylic acids is 2. The van der Waals surface area contributed by atoms with Crippen molar-refractivity contribution >= 4 is 44.7 Å². The average Bonchev–Trinajstić information content (AvgIpc) is 2.72. The van der Waals surface area contributed by atoms with Crippen LogP contribution in [-0.2, 0) is 20.9 Å². The highest BCUT2D eigenvalue weighted by Crippen LogP contribution is 2.42. The van der Waals surface area contributed by atoms with Crippen molar-refractivity contribution in [2.45, 2.75) is 26.0 Å². The number of nitrogens with zero attached hydrogens (tertiary/aromatic N) is 2. The van der Waals surface area contributed by atoms with Crippen LogP contribution in [0.4, 0.5) is 0 Å². The summed E-state index contributed by atoms with van der Waals surface area (Å²) in [5, 5.41) is 0.638. The minimum atomic E-state index is -0.568. The van der Waals surface area contributed by atoms with Crippen molar-refractivity contribution in [3.8, 4) is 0 Å². The zero-order chi connectivity index (χ0) is 20.4. The summed E-state index contributed by atoms with van der Waals surface area (Å²) in [7, 11) is 0. The van der Waals surface area contributed by atoms with Crippen LogP contribution >= 0.6 is 27.7 Å². The van der Waals surface area contributed by atoms with Gasteiger partial charge in [0.25, 0.3) is 0 Å². The van der Waals surface area contributed by atoms with Gasteiger partial charge in [-0.2, -0.15) is 0 Å². The van der Waals surface area contributed by atoms with Gasteiger partial charge < -0.3 is 4.74 Å². The molecule has 0 radical (unpaired) electrons. The quantitative estimate of drug-likeness (QED) is 0.599. The molecule has 0 unspecified atom stereocenters. The molecule has 1 saturated heterocycles. The van der Waals surface area contributed by atoms with E-state index in [1.165, 1.54) is 11.8 Å². The molecule has 0 spiro atoms. The zero-order valence-electron chi connectivity index (χ0n) is 15.8. The van der Waals surface area contributed by atoms with Crippen molar-refractivity contribution in [3.05, 3.63) is 81.5 Å². The van der Waals surface area contributed by atoms with Crippen LogP contribution in [0.1, 0.15) is 30.5 Å². The largest absolute Gasteiger partial charge is 0.457 e. The summed E-state index contributed by atoms with van der Waals surface area (Å²) in [6.45, 7) is 1.96. The van der Waals surface area contributed by atoms with E-state index in [0.29, 0.717) is 28.6 Å². The number of amides is 1. The number of allylic oxidation sites excluding steroid dienone is 1. The van der Waals surface area contributed by atoms with E-state index in [-0.39, 0.29) is 12.5 Å². The Hall–Kier alpha value is -2.38. The molecule has 2 aromatic carbocycles. The fourth-order valence-electron chi connectivity index (χ4n) is 3.45. The molecular formula is C22H19BrN2O3S. The molecule has 1 fully saturated rings. The van der Waals surface area contributed by atoms with E-state index in [9.17, 15) is 9.59 Å². The Morgan fingerprint density at radius 1 is 1.21 bits per heavy atom. The number of carbonyl (C=O) groups is 2. The Balaban J connectivity index is 1.73. The molecule has 0 saturated carbocycles. The maximum atomic E-state index is 13.1. The van der Waals surface area contributed by atoms with Crippen molar-refractivity contribution in [3.63, 3.8) is 0 Å². The normalized spacial score (nSPS) is 19.0. The van der Waals surface area contributed by atoms with Gasteiger partial charge in [-0.1, -0.05) is 76.2 Å². The Labute approximate surface area is 182 Å². The number of fused-ring (bicyclic) bond motifs is 1. The predicted molar refractivity (Wildman–Crippen MR) is 117 cm³/mol. The summed E-state index contributed by atoms with van der Waals surface area (Å²) < 4.78 is 6.45. The van der Waals surface area contributed by atoms with Crippen molar-refractivity contribution < 1.29 is 14.3 Å². The Morgan fingerprint density at radius 2 is 1.93 bits per heavy atom. The molecule has 2 aliphatic rings. The van der Waals surface area contributed by atoms with Crippen LogP contribution in [0.25, 0.3) is 0 Å². The molecule has 0 aliphatic carbocycles. The summed E-state index contributed by atoms with van der Waals surface area (Å²) in [5.41, 5.74) is 2.72. The minimum Gasteiger partial charge on any atom is -0.457 e. The molecule has 7 heteroatoms. The van der Waals surface area contributed by atoms with Gasteiger partial charge in [0.05, 0.1) is 17.3 Å². The van der Waals surface area contributed by atoms with Crippen molar-refractivity contribution in [1.29, 1.82) is 0 Å². The maximum absolute atomic E-state index is 13.1. The van der Waals surface area contributed by atoms with Gasteiger partial charge in [-0.3, -0.25) is 9.69 Å². The summed E-state index contributed by atoms with van der Waals surface area (Å²) in [6.07, 6.45) is 0.413. The van der Waals surface area contributed by atoms with Crippen LogP contribution in [-0.4, -0.2) is 27.7 Å². The van der Waals surface area contributed by atoms with E-state index >= 15 is 0 Å². The molecular weight excluding hydrogens is 452 g/mol. The Morgan fingerprint density at radius 3 is 2.69 bits per heavy atom. The van der Waals surface area contributed by atoms with Gasteiger partial charge in [0.1, 0.15) is 6.61 Å². The van der Waals surface area contributed by atoms with E-state index in [4.69, 9.17) is 4.74 Å². The number of aliphatic imine (C=N–C) groups is 1. The molecule has 4 rings (SSSR count). The number of rotatable bonds is 4. The van der Waals surface area contributed by atoms with Crippen LogP contribution in [0.2, 0.25) is 0 Å². The first kappa shape index (κ1) is 19.9. The SMILES string of the molecule is CC1=C(C(=O)OCc2ccccc2)[C@H](c2ccccc2Br)N2C(=O)CCSC2=N1. The molecule has 2 heterocycles. The lowest BCUT2D eigenvalue weighted by Crippen LogP contribution is -2.46. The average molecular weight is 471 g/mol. The lowest BCUT2D eigenvalue weighted by molar-refractivity contribution is -0.141. The lowest BCUT2D eigenvalue weighted by atomic mass is 9.94. The van der Waals surface area contributed by atoms with E-state index in [1.807, 2.05) is 54.6 Å². The summed E-state index contributed by atoms with van der Waals surface area (Å²) in [6, 6.07) is 16.6. The fraction of sp³-hybridized carbons (Fsp3) is 0.227. The number of benzene rings is 2. The highest BCUT2D eigenvalue weighted by Gasteiger charge is 2.42. The third-order valence-electron chi connectivity index (χ3n) is 4.84. The number of amidine groups is 1. The van der Waals surface area contributed by atoms with E-state index < -0.39 is 12.0 Å². The van der Waals surface area contributed by atoms with Crippen molar-refractivity contribution in [2.24, 2.45) is 4.99 Å². The number of thioether (sulfide) groups is 1. The van der Waals surface area contributed by atoms with Gasteiger partial charge in [-0.15, -0.1) is 0 Å². The smallest absolute Gasteiger partial charge is 0.338 e. The summed E-state index contributed by atoms with van der Waals surface area (Å²) >= 11 is 5.12. The first-order chi connectivity index (χ1) is 14.1. The first-order valence-corrected chi connectivity index (χ1v) is 11.0. The Kier molecular flexibility index (Phi) is 5.87. The first-order valence-electron chi connectivity index (χ1n) is 9.26. The summed E-state index contributed by atoms with van der Waals surface area (Å²) in [5.74, 6) is 0.195. The van der Waals surface area contributed by atoms with Crippen LogP contribution in [0.15, 0.2) is 75.3 Å². The second-order valence-electron chi connectivity index (χ2n) is 6.74. The highest BCUT2D eigenvalue weighted by molar-refractivity contribution is 9.10. The molecule has 29 heavy (non-hydrogen) atoms. The molecule has 0 N–H and O–H groups in total. The predicted octanol–water partition coefficient (Wildman–Crippen LogP) is 4.84. The van der Waals surface area contributed by atoms with Gasteiger partial charge in [-0.25, -0.2) is 9.79 Å². The molecule has 5 nitrogen and oxygen atoms in total. The second kappa shape index (κ2) is 8.55. The highest BCUT2D eigenvalue weighted by atomic mass is 79.9. The molecule has 1 amide bonds.